The Morgan fingerprint density at radius 2 is 2.06 bits per heavy atom. The lowest BCUT2D eigenvalue weighted by molar-refractivity contribution is 0.0913. The highest BCUT2D eigenvalue weighted by Gasteiger charge is 2.33. The summed E-state index contributed by atoms with van der Waals surface area (Å²) in [6.07, 6.45) is 1.58. The lowest BCUT2D eigenvalue weighted by Gasteiger charge is -2.28. The number of aromatic nitrogens is 1. The molecule has 0 amide bonds. The number of hydrogen-bond donors (Lipinski definition) is 1. The highest BCUT2D eigenvalue weighted by atomic mass is 79.9. The zero-order valence-corrected chi connectivity index (χ0v) is 11.5. The van der Waals surface area contributed by atoms with Gasteiger partial charge in [-0.15, -0.1) is 0 Å². The number of Topliss-reactive ketones (excluding diaryl/α,β-unsaturated/α-hetero) is 1. The van der Waals surface area contributed by atoms with Gasteiger partial charge in [-0.3, -0.25) is 4.79 Å². The first-order valence-electron chi connectivity index (χ1n) is 5.80. The van der Waals surface area contributed by atoms with Crippen molar-refractivity contribution in [1.29, 1.82) is 0 Å². The van der Waals surface area contributed by atoms with E-state index in [1.165, 1.54) is 0 Å². The standard InChI is InChI=1S/C14H14BrNO/c1-14(2)6-10-12(11(17)7-14)8-4-3-5-9(15)13(8)16-10/h3-5,16H,6-7H2,1-2H3. The Morgan fingerprint density at radius 3 is 2.82 bits per heavy atom. The molecule has 1 aromatic heterocycles. The largest absolute Gasteiger partial charge is 0.357 e. The van der Waals surface area contributed by atoms with Gasteiger partial charge >= 0.3 is 0 Å². The molecule has 0 saturated carbocycles. The summed E-state index contributed by atoms with van der Waals surface area (Å²) in [5.41, 5.74) is 3.11. The van der Waals surface area contributed by atoms with Gasteiger partial charge in [0.25, 0.3) is 0 Å². The van der Waals surface area contributed by atoms with E-state index in [0.717, 1.165) is 33.1 Å². The summed E-state index contributed by atoms with van der Waals surface area (Å²) >= 11 is 3.53. The average molecular weight is 292 g/mol. The molecule has 0 aliphatic heterocycles. The minimum Gasteiger partial charge on any atom is -0.357 e. The van der Waals surface area contributed by atoms with Crippen LogP contribution in [0, 0.1) is 5.41 Å². The molecule has 0 atom stereocenters. The van der Waals surface area contributed by atoms with Gasteiger partial charge < -0.3 is 4.98 Å². The van der Waals surface area contributed by atoms with Crippen molar-refractivity contribution >= 4 is 32.6 Å². The third-order valence-corrected chi connectivity index (χ3v) is 4.09. The first-order chi connectivity index (χ1) is 7.98. The Hall–Kier alpha value is -1.09. The van der Waals surface area contributed by atoms with Crippen molar-refractivity contribution in [2.45, 2.75) is 26.7 Å². The number of benzene rings is 1. The highest BCUT2D eigenvalue weighted by molar-refractivity contribution is 9.10. The molecule has 0 saturated heterocycles. The van der Waals surface area contributed by atoms with E-state index in [1.807, 2.05) is 18.2 Å². The van der Waals surface area contributed by atoms with E-state index in [2.05, 4.69) is 34.8 Å². The lowest BCUT2D eigenvalue weighted by Crippen LogP contribution is -2.26. The van der Waals surface area contributed by atoms with Crippen LogP contribution in [0.5, 0.6) is 0 Å². The molecule has 88 valence electrons. The zero-order chi connectivity index (χ0) is 12.2. The smallest absolute Gasteiger partial charge is 0.165 e. The summed E-state index contributed by atoms with van der Waals surface area (Å²) in [7, 11) is 0. The van der Waals surface area contributed by atoms with E-state index in [1.54, 1.807) is 0 Å². The lowest BCUT2D eigenvalue weighted by atomic mass is 9.76. The van der Waals surface area contributed by atoms with Crippen molar-refractivity contribution in [3.63, 3.8) is 0 Å². The molecule has 3 heteroatoms. The number of halogens is 1. The summed E-state index contributed by atoms with van der Waals surface area (Å²) in [4.78, 5) is 15.7. The second-order valence-electron chi connectivity index (χ2n) is 5.58. The van der Waals surface area contributed by atoms with Crippen molar-refractivity contribution in [2.24, 2.45) is 5.41 Å². The van der Waals surface area contributed by atoms with E-state index < -0.39 is 0 Å². The Bertz CT molecular complexity index is 624. The Balaban J connectivity index is 2.32. The van der Waals surface area contributed by atoms with Gasteiger partial charge in [-0.1, -0.05) is 26.0 Å². The van der Waals surface area contributed by atoms with Gasteiger partial charge in [0.2, 0.25) is 0 Å². The van der Waals surface area contributed by atoms with Crippen molar-refractivity contribution in [1.82, 2.24) is 4.98 Å². The molecule has 1 N–H and O–H groups in total. The Morgan fingerprint density at radius 1 is 1.29 bits per heavy atom. The minimum absolute atomic E-state index is 0.0669. The molecular formula is C14H14BrNO. The third-order valence-electron chi connectivity index (χ3n) is 3.43. The van der Waals surface area contributed by atoms with Crippen LogP contribution in [0.15, 0.2) is 22.7 Å². The molecule has 0 fully saturated rings. The molecule has 0 spiro atoms. The number of fused-ring (bicyclic) bond motifs is 3. The van der Waals surface area contributed by atoms with Crippen molar-refractivity contribution in [2.75, 3.05) is 0 Å². The number of rotatable bonds is 0. The maximum absolute atomic E-state index is 12.3. The summed E-state index contributed by atoms with van der Waals surface area (Å²) in [5, 5.41) is 1.05. The molecule has 0 bridgehead atoms. The maximum Gasteiger partial charge on any atom is 0.165 e. The molecule has 1 aromatic carbocycles. The molecule has 1 aliphatic carbocycles. The molecule has 0 unspecified atom stereocenters. The van der Waals surface area contributed by atoms with Crippen molar-refractivity contribution in [3.05, 3.63) is 33.9 Å². The number of ketones is 1. The Kier molecular flexibility index (Phi) is 2.24. The number of carbonyl (C=O) groups is 1. The second-order valence-corrected chi connectivity index (χ2v) is 6.44. The first kappa shape index (κ1) is 11.0. The van der Waals surface area contributed by atoms with E-state index >= 15 is 0 Å². The fourth-order valence-electron chi connectivity index (χ4n) is 2.75. The van der Waals surface area contributed by atoms with E-state index in [-0.39, 0.29) is 11.2 Å². The van der Waals surface area contributed by atoms with Crippen LogP contribution in [-0.4, -0.2) is 10.8 Å². The van der Waals surface area contributed by atoms with Crippen LogP contribution in [0.2, 0.25) is 0 Å². The molecule has 1 aliphatic rings. The van der Waals surface area contributed by atoms with Gasteiger partial charge in [-0.25, -0.2) is 0 Å². The number of para-hydroxylation sites is 1. The summed E-state index contributed by atoms with van der Waals surface area (Å²) in [6.45, 7) is 4.29. The van der Waals surface area contributed by atoms with E-state index in [9.17, 15) is 4.79 Å². The fourth-order valence-corrected chi connectivity index (χ4v) is 3.22. The molecule has 1 heterocycles. The number of hydrogen-bond acceptors (Lipinski definition) is 1. The van der Waals surface area contributed by atoms with E-state index in [0.29, 0.717) is 6.42 Å². The quantitative estimate of drug-likeness (QED) is 0.779. The summed E-state index contributed by atoms with van der Waals surface area (Å²) in [6, 6.07) is 6.00. The zero-order valence-electron chi connectivity index (χ0n) is 9.93. The molecule has 0 radical (unpaired) electrons. The van der Waals surface area contributed by atoms with Crippen LogP contribution in [0.4, 0.5) is 0 Å². The monoisotopic (exact) mass is 291 g/mol. The van der Waals surface area contributed by atoms with Crippen molar-refractivity contribution < 1.29 is 4.79 Å². The van der Waals surface area contributed by atoms with Crippen LogP contribution < -0.4 is 0 Å². The van der Waals surface area contributed by atoms with Crippen LogP contribution >= 0.6 is 15.9 Å². The molecule has 3 rings (SSSR count). The summed E-state index contributed by atoms with van der Waals surface area (Å²) < 4.78 is 1.02. The highest BCUT2D eigenvalue weighted by Crippen LogP contribution is 2.39. The second kappa shape index (κ2) is 3.45. The predicted octanol–water partition coefficient (Wildman–Crippen LogP) is 4.09. The van der Waals surface area contributed by atoms with Gasteiger partial charge in [-0.2, -0.15) is 0 Å². The molecule has 2 nitrogen and oxygen atoms in total. The number of aromatic amines is 1. The number of carbonyl (C=O) groups excluding carboxylic acids is 1. The molecular weight excluding hydrogens is 278 g/mol. The van der Waals surface area contributed by atoms with Crippen molar-refractivity contribution in [3.8, 4) is 0 Å². The van der Waals surface area contributed by atoms with Crippen LogP contribution in [0.25, 0.3) is 10.9 Å². The van der Waals surface area contributed by atoms with Gasteiger partial charge in [0, 0.05) is 27.5 Å². The Labute approximate surface area is 109 Å². The average Bonchev–Trinajstić information content (AvgIpc) is 2.55. The minimum atomic E-state index is 0.0669. The van der Waals surface area contributed by atoms with Gasteiger partial charge in [-0.05, 0) is 33.8 Å². The van der Waals surface area contributed by atoms with Gasteiger partial charge in [0.1, 0.15) is 0 Å². The fraction of sp³-hybridized carbons (Fsp3) is 0.357. The van der Waals surface area contributed by atoms with Gasteiger partial charge in [0.05, 0.1) is 5.52 Å². The maximum atomic E-state index is 12.3. The third kappa shape index (κ3) is 1.64. The van der Waals surface area contributed by atoms with Gasteiger partial charge in [0.15, 0.2) is 5.78 Å². The first-order valence-corrected chi connectivity index (χ1v) is 6.59. The van der Waals surface area contributed by atoms with Crippen LogP contribution in [0.1, 0.15) is 36.3 Å². The topological polar surface area (TPSA) is 32.9 Å². The summed E-state index contributed by atoms with van der Waals surface area (Å²) in [5.74, 6) is 0.264. The predicted molar refractivity (Wildman–Crippen MR) is 72.4 cm³/mol. The SMILES string of the molecule is CC1(C)CC(=O)c2c([nH]c3c(Br)cccc23)C1. The number of H-pyrrole nitrogens is 1. The molecule has 17 heavy (non-hydrogen) atoms. The molecule has 2 aromatic rings. The van der Waals surface area contributed by atoms with Crippen LogP contribution in [0.3, 0.4) is 0 Å². The van der Waals surface area contributed by atoms with Crippen LogP contribution in [-0.2, 0) is 6.42 Å². The van der Waals surface area contributed by atoms with E-state index in [4.69, 9.17) is 0 Å². The normalized spacial score (nSPS) is 18.4. The number of nitrogens with one attached hydrogen (secondary N) is 1.